The van der Waals surface area contributed by atoms with Gasteiger partial charge in [-0.1, -0.05) is 17.3 Å². The van der Waals surface area contributed by atoms with E-state index in [2.05, 4.69) is 20.4 Å². The van der Waals surface area contributed by atoms with Crippen molar-refractivity contribution in [3.63, 3.8) is 0 Å². The summed E-state index contributed by atoms with van der Waals surface area (Å²) in [7, 11) is 1.51. The summed E-state index contributed by atoms with van der Waals surface area (Å²) in [6.45, 7) is 1.75. The van der Waals surface area contributed by atoms with Gasteiger partial charge in [0.2, 0.25) is 5.89 Å². The summed E-state index contributed by atoms with van der Waals surface area (Å²) < 4.78 is 24.1. The number of thiazole rings is 1. The summed E-state index contributed by atoms with van der Waals surface area (Å²) in [6, 6.07) is 11.5. The molecule has 158 valence electrons. The molecule has 10 heteroatoms. The highest BCUT2D eigenvalue weighted by atomic mass is 32.2. The molecule has 0 aliphatic rings. The molecule has 0 spiro atoms. The van der Waals surface area contributed by atoms with Crippen LogP contribution < -0.4 is 10.1 Å². The highest BCUT2D eigenvalue weighted by Gasteiger charge is 2.16. The molecule has 1 N–H and O–H groups in total. The minimum absolute atomic E-state index is 0.295. The Morgan fingerprint density at radius 1 is 1.26 bits per heavy atom. The van der Waals surface area contributed by atoms with Crippen LogP contribution in [0.4, 0.5) is 9.52 Å². The molecule has 1 amide bonds. The Morgan fingerprint density at radius 3 is 2.87 bits per heavy atom. The van der Waals surface area contributed by atoms with Gasteiger partial charge in [0, 0.05) is 15.8 Å². The van der Waals surface area contributed by atoms with Crippen LogP contribution in [0.25, 0.3) is 11.3 Å². The molecule has 0 aliphatic heterocycles. The van der Waals surface area contributed by atoms with Gasteiger partial charge in [0.25, 0.3) is 5.91 Å². The summed E-state index contributed by atoms with van der Waals surface area (Å²) in [5, 5.41) is 8.72. The zero-order chi connectivity index (χ0) is 21.8. The molecule has 0 atom stereocenters. The second kappa shape index (κ2) is 9.27. The molecule has 4 aromatic rings. The molecule has 2 aromatic carbocycles. The van der Waals surface area contributed by atoms with Gasteiger partial charge in [-0.2, -0.15) is 4.98 Å². The van der Waals surface area contributed by atoms with Crippen LogP contribution in [0.3, 0.4) is 0 Å². The number of aromatic nitrogens is 3. The number of carbonyl (C=O) groups is 1. The number of anilines is 1. The van der Waals surface area contributed by atoms with E-state index in [4.69, 9.17) is 9.26 Å². The van der Waals surface area contributed by atoms with Crippen molar-refractivity contribution in [3.8, 4) is 17.0 Å². The van der Waals surface area contributed by atoms with E-state index in [-0.39, 0.29) is 5.91 Å². The lowest BCUT2D eigenvalue weighted by molar-refractivity contribution is 0.102. The van der Waals surface area contributed by atoms with Gasteiger partial charge in [0.15, 0.2) is 11.0 Å². The summed E-state index contributed by atoms with van der Waals surface area (Å²) in [5.41, 5.74) is 1.54. The number of aryl methyl sites for hydroxylation is 1. The highest BCUT2D eigenvalue weighted by molar-refractivity contribution is 7.98. The lowest BCUT2D eigenvalue weighted by Crippen LogP contribution is -2.12. The van der Waals surface area contributed by atoms with E-state index in [9.17, 15) is 9.18 Å². The first-order valence-corrected chi connectivity index (χ1v) is 11.0. The summed E-state index contributed by atoms with van der Waals surface area (Å²) >= 11 is 2.68. The van der Waals surface area contributed by atoms with Gasteiger partial charge in [0.05, 0.1) is 24.1 Å². The van der Waals surface area contributed by atoms with Crippen molar-refractivity contribution in [2.24, 2.45) is 0 Å². The van der Waals surface area contributed by atoms with Crippen molar-refractivity contribution < 1.29 is 18.4 Å². The molecule has 0 radical (unpaired) electrons. The van der Waals surface area contributed by atoms with Crippen LogP contribution >= 0.6 is 23.1 Å². The van der Waals surface area contributed by atoms with Crippen LogP contribution in [-0.4, -0.2) is 28.1 Å². The number of ether oxygens (including phenoxy) is 1. The van der Waals surface area contributed by atoms with Crippen LogP contribution in [-0.2, 0) is 5.75 Å². The number of hydrogen-bond acceptors (Lipinski definition) is 8. The Morgan fingerprint density at radius 2 is 2.10 bits per heavy atom. The maximum absolute atomic E-state index is 13.7. The fourth-order valence-corrected chi connectivity index (χ4v) is 4.41. The second-order valence-electron chi connectivity index (χ2n) is 6.36. The zero-order valence-electron chi connectivity index (χ0n) is 16.6. The van der Waals surface area contributed by atoms with E-state index in [0.717, 1.165) is 4.90 Å². The Kier molecular flexibility index (Phi) is 6.28. The molecule has 0 saturated heterocycles. The average molecular weight is 457 g/mol. The van der Waals surface area contributed by atoms with E-state index in [1.54, 1.807) is 30.5 Å². The quantitative estimate of drug-likeness (QED) is 0.383. The van der Waals surface area contributed by atoms with Gasteiger partial charge in [-0.05, 0) is 37.3 Å². The Hall–Kier alpha value is -3.24. The van der Waals surface area contributed by atoms with Crippen LogP contribution in [0.2, 0.25) is 0 Å². The van der Waals surface area contributed by atoms with Gasteiger partial charge >= 0.3 is 0 Å². The number of carbonyl (C=O) groups excluding carboxylic acids is 1. The first kappa shape index (κ1) is 21.0. The first-order chi connectivity index (χ1) is 15.0. The van der Waals surface area contributed by atoms with Gasteiger partial charge in [-0.25, -0.2) is 9.37 Å². The second-order valence-corrected chi connectivity index (χ2v) is 8.23. The fraction of sp³-hybridized carbons (Fsp3) is 0.143. The number of methoxy groups -OCH3 is 1. The molecule has 0 aliphatic carbocycles. The smallest absolute Gasteiger partial charge is 0.258 e. The third-order valence-corrected chi connectivity index (χ3v) is 6.03. The Labute approximate surface area is 185 Å². The number of rotatable bonds is 7. The zero-order valence-corrected chi connectivity index (χ0v) is 18.2. The highest BCUT2D eigenvalue weighted by Crippen LogP contribution is 2.33. The Bertz CT molecular complexity index is 1220. The van der Waals surface area contributed by atoms with Gasteiger partial charge in [-0.3, -0.25) is 10.1 Å². The molecule has 7 nitrogen and oxygen atoms in total. The van der Waals surface area contributed by atoms with E-state index < -0.39 is 5.82 Å². The van der Waals surface area contributed by atoms with E-state index >= 15 is 0 Å². The molecular formula is C21H17FN4O3S2. The number of nitrogens with zero attached hydrogens (tertiary/aromatic N) is 3. The van der Waals surface area contributed by atoms with Crippen LogP contribution in [0, 0.1) is 12.7 Å². The van der Waals surface area contributed by atoms with E-state index in [1.807, 2.05) is 12.1 Å². The number of nitrogens with one attached hydrogen (secondary N) is 1. The molecule has 2 heterocycles. The summed E-state index contributed by atoms with van der Waals surface area (Å²) in [6.07, 6.45) is 0. The topological polar surface area (TPSA) is 90.1 Å². The predicted octanol–water partition coefficient (Wildman–Crippen LogP) is 5.19. The largest absolute Gasteiger partial charge is 0.496 e. The standard InChI is InChI=1S/C21H17FN4O3S2/c1-12-23-19(29-26-12)11-30-18-6-4-3-5-14(18)20(27)25-21-24-16(10-31-21)15-9-13(22)7-8-17(15)28-2/h3-10H,11H2,1-2H3,(H,24,25,27). The molecule has 31 heavy (non-hydrogen) atoms. The monoisotopic (exact) mass is 456 g/mol. The van der Waals surface area contributed by atoms with Crippen LogP contribution in [0.1, 0.15) is 22.1 Å². The molecule has 0 fully saturated rings. The third kappa shape index (κ3) is 4.92. The van der Waals surface area contributed by atoms with Crippen LogP contribution in [0.5, 0.6) is 5.75 Å². The lowest BCUT2D eigenvalue weighted by atomic mass is 10.1. The summed E-state index contributed by atoms with van der Waals surface area (Å²) in [5.74, 6) is 1.32. The minimum Gasteiger partial charge on any atom is -0.496 e. The van der Waals surface area contributed by atoms with E-state index in [0.29, 0.717) is 45.2 Å². The van der Waals surface area contributed by atoms with Gasteiger partial charge < -0.3 is 9.26 Å². The van der Waals surface area contributed by atoms with Crippen molar-refractivity contribution in [2.45, 2.75) is 17.6 Å². The van der Waals surface area contributed by atoms with E-state index in [1.165, 1.54) is 42.3 Å². The third-order valence-electron chi connectivity index (χ3n) is 4.21. The van der Waals surface area contributed by atoms with Crippen molar-refractivity contribution in [1.82, 2.24) is 15.1 Å². The maximum atomic E-state index is 13.7. The number of benzene rings is 2. The number of amides is 1. The number of halogens is 1. The minimum atomic E-state index is -0.392. The van der Waals surface area contributed by atoms with Gasteiger partial charge in [-0.15, -0.1) is 23.1 Å². The molecule has 2 aromatic heterocycles. The predicted molar refractivity (Wildman–Crippen MR) is 117 cm³/mol. The van der Waals surface area contributed by atoms with Crippen molar-refractivity contribution in [2.75, 3.05) is 12.4 Å². The number of hydrogen-bond donors (Lipinski definition) is 1. The molecule has 0 unspecified atom stereocenters. The molecule has 0 bridgehead atoms. The average Bonchev–Trinajstić information content (AvgIpc) is 3.41. The van der Waals surface area contributed by atoms with Crippen molar-refractivity contribution in [1.29, 1.82) is 0 Å². The summed E-state index contributed by atoms with van der Waals surface area (Å²) in [4.78, 5) is 22.3. The molecule has 0 saturated carbocycles. The lowest BCUT2D eigenvalue weighted by Gasteiger charge is -2.08. The van der Waals surface area contributed by atoms with Crippen molar-refractivity contribution >= 4 is 34.1 Å². The number of thioether (sulfide) groups is 1. The van der Waals surface area contributed by atoms with Crippen LogP contribution in [0.15, 0.2) is 57.3 Å². The normalized spacial score (nSPS) is 10.8. The SMILES string of the molecule is COc1ccc(F)cc1-c1csc(NC(=O)c2ccccc2SCc2nc(C)no2)n1. The Balaban J connectivity index is 1.50. The molecule has 4 rings (SSSR count). The first-order valence-electron chi connectivity index (χ1n) is 9.15. The maximum Gasteiger partial charge on any atom is 0.258 e. The molecular weight excluding hydrogens is 439 g/mol. The van der Waals surface area contributed by atoms with Gasteiger partial charge in [0.1, 0.15) is 11.6 Å². The van der Waals surface area contributed by atoms with Crippen molar-refractivity contribution in [3.05, 3.63) is 70.9 Å². The fourth-order valence-electron chi connectivity index (χ4n) is 2.82.